The lowest BCUT2D eigenvalue weighted by Gasteiger charge is -2.17. The minimum atomic E-state index is 0.313. The number of benzene rings is 1. The van der Waals surface area contributed by atoms with Crippen molar-refractivity contribution in [3.05, 3.63) is 51.7 Å². The fourth-order valence-corrected chi connectivity index (χ4v) is 2.69. The predicted octanol–water partition coefficient (Wildman–Crippen LogP) is 3.97. The first-order valence-corrected chi connectivity index (χ1v) is 6.92. The zero-order valence-corrected chi connectivity index (χ0v) is 11.4. The number of hydrogen-bond acceptors (Lipinski definition) is 3. The Bertz CT molecular complexity index is 552. The smallest absolute Gasteiger partial charge is 0.101 e. The first-order chi connectivity index (χ1) is 8.70. The second-order valence-electron chi connectivity index (χ2n) is 4.49. The molecule has 2 rings (SSSR count). The highest BCUT2D eigenvalue weighted by Crippen LogP contribution is 2.21. The van der Waals surface area contributed by atoms with Crippen LogP contribution in [0, 0.1) is 18.3 Å². The Morgan fingerprint density at radius 1 is 1.39 bits per heavy atom. The maximum absolute atomic E-state index is 9.12. The molecule has 0 saturated carbocycles. The van der Waals surface area contributed by atoms with E-state index in [9.17, 15) is 0 Å². The molecule has 18 heavy (non-hydrogen) atoms. The van der Waals surface area contributed by atoms with Crippen LogP contribution in [-0.4, -0.2) is 6.04 Å². The monoisotopic (exact) mass is 256 g/mol. The molecule has 2 nitrogen and oxygen atoms in total. The third-order valence-corrected chi connectivity index (χ3v) is 3.64. The van der Waals surface area contributed by atoms with Gasteiger partial charge in [-0.1, -0.05) is 12.1 Å². The summed E-state index contributed by atoms with van der Waals surface area (Å²) in [6.07, 6.45) is 0.975. The first-order valence-electron chi connectivity index (χ1n) is 5.98. The molecule has 0 aliphatic heterocycles. The van der Waals surface area contributed by atoms with Crippen molar-refractivity contribution in [2.45, 2.75) is 26.3 Å². The number of para-hydroxylation sites is 1. The Hall–Kier alpha value is -1.79. The van der Waals surface area contributed by atoms with Crippen LogP contribution in [0.2, 0.25) is 0 Å². The molecule has 0 aliphatic carbocycles. The molecule has 0 bridgehead atoms. The van der Waals surface area contributed by atoms with Gasteiger partial charge in [0.25, 0.3) is 0 Å². The molecule has 0 aliphatic rings. The lowest BCUT2D eigenvalue weighted by molar-refractivity contribution is 0.791. The van der Waals surface area contributed by atoms with E-state index in [4.69, 9.17) is 5.26 Å². The fraction of sp³-hybridized carbons (Fsp3) is 0.267. The standard InChI is InChI=1S/C15H16N2S/c1-11-4-3-5-14(9-16)15(11)17-12(2)8-13-6-7-18-10-13/h3-7,10,12,17H,8H2,1-2H3. The van der Waals surface area contributed by atoms with Crippen molar-refractivity contribution in [1.29, 1.82) is 5.26 Å². The Balaban J connectivity index is 2.12. The van der Waals surface area contributed by atoms with E-state index in [-0.39, 0.29) is 0 Å². The summed E-state index contributed by atoms with van der Waals surface area (Å²) in [7, 11) is 0. The molecule has 0 spiro atoms. The maximum Gasteiger partial charge on any atom is 0.101 e. The van der Waals surface area contributed by atoms with Gasteiger partial charge in [-0.15, -0.1) is 0 Å². The normalized spacial score (nSPS) is 11.8. The molecule has 1 N–H and O–H groups in total. The summed E-state index contributed by atoms with van der Waals surface area (Å²) in [5, 5.41) is 16.8. The molecular formula is C15H16N2S. The van der Waals surface area contributed by atoms with Crippen LogP contribution < -0.4 is 5.32 Å². The van der Waals surface area contributed by atoms with Gasteiger partial charge >= 0.3 is 0 Å². The molecule has 92 valence electrons. The molecule has 2 aromatic rings. The van der Waals surface area contributed by atoms with Gasteiger partial charge in [0.05, 0.1) is 11.3 Å². The van der Waals surface area contributed by atoms with Gasteiger partial charge in [-0.05, 0) is 54.3 Å². The average Bonchev–Trinajstić information content (AvgIpc) is 2.84. The van der Waals surface area contributed by atoms with E-state index in [2.05, 4.69) is 35.1 Å². The van der Waals surface area contributed by atoms with E-state index in [1.165, 1.54) is 5.56 Å². The Morgan fingerprint density at radius 3 is 2.89 bits per heavy atom. The molecule has 1 heterocycles. The number of nitrogens with zero attached hydrogens (tertiary/aromatic N) is 1. The Labute approximate surface area is 112 Å². The summed E-state index contributed by atoms with van der Waals surface area (Å²) < 4.78 is 0. The predicted molar refractivity (Wildman–Crippen MR) is 77.0 cm³/mol. The van der Waals surface area contributed by atoms with Crippen LogP contribution in [0.15, 0.2) is 35.0 Å². The van der Waals surface area contributed by atoms with Crippen molar-refractivity contribution < 1.29 is 0 Å². The van der Waals surface area contributed by atoms with Gasteiger partial charge in [0.2, 0.25) is 0 Å². The number of nitriles is 1. The van der Waals surface area contributed by atoms with Gasteiger partial charge in [0.15, 0.2) is 0 Å². The zero-order chi connectivity index (χ0) is 13.0. The summed E-state index contributed by atoms with van der Waals surface area (Å²) in [5.41, 5.74) is 4.13. The van der Waals surface area contributed by atoms with Crippen molar-refractivity contribution in [2.75, 3.05) is 5.32 Å². The zero-order valence-electron chi connectivity index (χ0n) is 10.6. The van der Waals surface area contributed by atoms with Crippen LogP contribution in [0.3, 0.4) is 0 Å². The summed E-state index contributed by atoms with van der Waals surface area (Å²) in [6.45, 7) is 4.17. The van der Waals surface area contributed by atoms with Gasteiger partial charge in [-0.3, -0.25) is 0 Å². The van der Waals surface area contributed by atoms with Gasteiger partial charge in [0.1, 0.15) is 6.07 Å². The third kappa shape index (κ3) is 2.91. The molecule has 1 unspecified atom stereocenters. The SMILES string of the molecule is Cc1cccc(C#N)c1NC(C)Cc1ccsc1. The van der Waals surface area contributed by atoms with Crippen LogP contribution in [0.5, 0.6) is 0 Å². The van der Waals surface area contributed by atoms with E-state index in [1.54, 1.807) is 11.3 Å². The number of rotatable bonds is 4. The Morgan fingerprint density at radius 2 is 2.22 bits per heavy atom. The molecule has 0 amide bonds. The minimum absolute atomic E-state index is 0.313. The van der Waals surface area contributed by atoms with Crippen molar-refractivity contribution in [3.63, 3.8) is 0 Å². The van der Waals surface area contributed by atoms with Crippen LogP contribution in [0.4, 0.5) is 5.69 Å². The van der Waals surface area contributed by atoms with Gasteiger partial charge in [0, 0.05) is 6.04 Å². The first kappa shape index (κ1) is 12.7. The number of nitrogens with one attached hydrogen (secondary N) is 1. The molecular weight excluding hydrogens is 240 g/mol. The highest BCUT2D eigenvalue weighted by Gasteiger charge is 2.09. The topological polar surface area (TPSA) is 35.8 Å². The van der Waals surface area contributed by atoms with E-state index >= 15 is 0 Å². The van der Waals surface area contributed by atoms with Crippen molar-refractivity contribution in [1.82, 2.24) is 0 Å². The second-order valence-corrected chi connectivity index (χ2v) is 5.27. The maximum atomic E-state index is 9.12. The Kier molecular flexibility index (Phi) is 4.01. The molecule has 0 saturated heterocycles. The molecule has 1 aromatic heterocycles. The number of hydrogen-bond donors (Lipinski definition) is 1. The molecule has 1 atom stereocenters. The van der Waals surface area contributed by atoms with Crippen molar-refractivity contribution >= 4 is 17.0 Å². The van der Waals surface area contributed by atoms with Crippen molar-refractivity contribution in [3.8, 4) is 6.07 Å². The second kappa shape index (κ2) is 5.70. The third-order valence-electron chi connectivity index (χ3n) is 2.91. The fourth-order valence-electron chi connectivity index (χ4n) is 2.01. The molecule has 1 aromatic carbocycles. The van der Waals surface area contributed by atoms with Crippen LogP contribution in [0.25, 0.3) is 0 Å². The molecule has 3 heteroatoms. The number of thiophene rings is 1. The highest BCUT2D eigenvalue weighted by atomic mass is 32.1. The summed E-state index contributed by atoms with van der Waals surface area (Å²) in [5.74, 6) is 0. The highest BCUT2D eigenvalue weighted by molar-refractivity contribution is 7.07. The number of aryl methyl sites for hydroxylation is 1. The summed E-state index contributed by atoms with van der Waals surface area (Å²) in [4.78, 5) is 0. The van der Waals surface area contributed by atoms with Crippen LogP contribution >= 0.6 is 11.3 Å². The lowest BCUT2D eigenvalue weighted by atomic mass is 10.1. The lowest BCUT2D eigenvalue weighted by Crippen LogP contribution is -2.19. The summed E-state index contributed by atoms with van der Waals surface area (Å²) >= 11 is 1.72. The molecule has 0 radical (unpaired) electrons. The quantitative estimate of drug-likeness (QED) is 0.898. The van der Waals surface area contributed by atoms with Gasteiger partial charge in [-0.2, -0.15) is 16.6 Å². The van der Waals surface area contributed by atoms with Gasteiger partial charge < -0.3 is 5.32 Å². The van der Waals surface area contributed by atoms with E-state index < -0.39 is 0 Å². The van der Waals surface area contributed by atoms with Crippen LogP contribution in [0.1, 0.15) is 23.6 Å². The minimum Gasteiger partial charge on any atom is -0.381 e. The molecule has 0 fully saturated rings. The van der Waals surface area contributed by atoms with Gasteiger partial charge in [-0.25, -0.2) is 0 Å². The average molecular weight is 256 g/mol. The summed E-state index contributed by atoms with van der Waals surface area (Å²) in [6, 6.07) is 10.5. The van der Waals surface area contributed by atoms with Crippen LogP contribution in [-0.2, 0) is 6.42 Å². The largest absolute Gasteiger partial charge is 0.381 e. The van der Waals surface area contributed by atoms with E-state index in [1.807, 2.05) is 25.1 Å². The number of anilines is 1. The van der Waals surface area contributed by atoms with E-state index in [0.29, 0.717) is 11.6 Å². The van der Waals surface area contributed by atoms with E-state index in [0.717, 1.165) is 17.7 Å². The van der Waals surface area contributed by atoms with Crippen molar-refractivity contribution in [2.24, 2.45) is 0 Å².